The minimum atomic E-state index is 0.210. The Hall–Kier alpha value is -0.120. The lowest BCUT2D eigenvalue weighted by molar-refractivity contribution is -0.116. The lowest BCUT2D eigenvalue weighted by atomic mass is 9.79. The van der Waals surface area contributed by atoms with Crippen molar-refractivity contribution in [1.82, 2.24) is 5.32 Å². The second kappa shape index (κ2) is 5.28. The van der Waals surface area contributed by atoms with E-state index in [2.05, 4.69) is 5.32 Å². The molecule has 0 aromatic rings. The minimum Gasteiger partial charge on any atom is -0.385 e. The Kier molecular flexibility index (Phi) is 4.00. The summed E-state index contributed by atoms with van der Waals surface area (Å²) < 4.78 is 11.2. The van der Waals surface area contributed by atoms with E-state index in [1.807, 2.05) is 0 Å². The van der Waals surface area contributed by atoms with Gasteiger partial charge in [-0.15, -0.1) is 0 Å². The molecule has 2 aliphatic rings. The summed E-state index contributed by atoms with van der Waals surface area (Å²) in [6, 6.07) is 0. The molecule has 0 bridgehead atoms. The Morgan fingerprint density at radius 1 is 1.40 bits per heavy atom. The topological polar surface area (TPSA) is 30.5 Å². The highest BCUT2D eigenvalue weighted by Crippen LogP contribution is 2.37. The maximum absolute atomic E-state index is 6.04. The SMILES string of the molecule is COCCC1CCOC2(CCNCC2)C1. The van der Waals surface area contributed by atoms with Crippen molar-refractivity contribution in [2.75, 3.05) is 33.4 Å². The number of ether oxygens (including phenoxy) is 2. The zero-order valence-electron chi connectivity index (χ0n) is 9.76. The standard InChI is InChI=1S/C12H23NO2/c1-14-8-2-11-3-9-15-12(10-11)4-6-13-7-5-12/h11,13H,2-10H2,1H3. The summed E-state index contributed by atoms with van der Waals surface area (Å²) in [7, 11) is 1.79. The van der Waals surface area contributed by atoms with E-state index in [4.69, 9.17) is 9.47 Å². The number of piperidine rings is 1. The molecule has 0 aromatic carbocycles. The van der Waals surface area contributed by atoms with Crippen LogP contribution in [0.3, 0.4) is 0 Å². The molecule has 88 valence electrons. The van der Waals surface area contributed by atoms with Crippen LogP contribution in [0.5, 0.6) is 0 Å². The molecule has 15 heavy (non-hydrogen) atoms. The molecular formula is C12H23NO2. The summed E-state index contributed by atoms with van der Waals surface area (Å²) in [4.78, 5) is 0. The summed E-state index contributed by atoms with van der Waals surface area (Å²) in [5, 5.41) is 3.41. The molecule has 0 aromatic heterocycles. The fourth-order valence-electron chi connectivity index (χ4n) is 2.89. The summed E-state index contributed by atoms with van der Waals surface area (Å²) in [5.74, 6) is 0.816. The molecule has 0 amide bonds. The third kappa shape index (κ3) is 2.92. The Morgan fingerprint density at radius 2 is 2.20 bits per heavy atom. The molecule has 3 heteroatoms. The van der Waals surface area contributed by atoms with Crippen LogP contribution in [0.25, 0.3) is 0 Å². The number of nitrogens with one attached hydrogen (secondary N) is 1. The van der Waals surface area contributed by atoms with Crippen LogP contribution in [0.4, 0.5) is 0 Å². The number of hydrogen-bond acceptors (Lipinski definition) is 3. The van der Waals surface area contributed by atoms with Crippen LogP contribution in [-0.2, 0) is 9.47 Å². The van der Waals surface area contributed by atoms with Crippen LogP contribution < -0.4 is 5.32 Å². The predicted octanol–water partition coefficient (Wildman–Crippen LogP) is 1.57. The van der Waals surface area contributed by atoms with E-state index >= 15 is 0 Å². The van der Waals surface area contributed by atoms with Crippen LogP contribution in [0, 0.1) is 5.92 Å². The van der Waals surface area contributed by atoms with E-state index in [-0.39, 0.29) is 5.60 Å². The van der Waals surface area contributed by atoms with E-state index in [9.17, 15) is 0 Å². The third-order valence-corrected chi connectivity index (χ3v) is 3.84. The number of hydrogen-bond donors (Lipinski definition) is 1. The first-order valence-electron chi connectivity index (χ1n) is 6.18. The van der Waals surface area contributed by atoms with Crippen molar-refractivity contribution >= 4 is 0 Å². The van der Waals surface area contributed by atoms with Crippen LogP contribution in [-0.4, -0.2) is 39.0 Å². The van der Waals surface area contributed by atoms with Gasteiger partial charge < -0.3 is 14.8 Å². The average Bonchev–Trinajstić information content (AvgIpc) is 2.28. The Labute approximate surface area is 92.5 Å². The Balaban J connectivity index is 1.85. The van der Waals surface area contributed by atoms with Crippen LogP contribution >= 0.6 is 0 Å². The quantitative estimate of drug-likeness (QED) is 0.772. The molecule has 1 N–H and O–H groups in total. The smallest absolute Gasteiger partial charge is 0.0709 e. The van der Waals surface area contributed by atoms with Gasteiger partial charge >= 0.3 is 0 Å². The minimum absolute atomic E-state index is 0.210. The van der Waals surface area contributed by atoms with E-state index in [0.717, 1.165) is 32.2 Å². The van der Waals surface area contributed by atoms with Crippen molar-refractivity contribution in [3.05, 3.63) is 0 Å². The Morgan fingerprint density at radius 3 is 2.93 bits per heavy atom. The van der Waals surface area contributed by atoms with Crippen LogP contribution in [0.15, 0.2) is 0 Å². The van der Waals surface area contributed by atoms with Gasteiger partial charge in [0, 0.05) is 20.3 Å². The van der Waals surface area contributed by atoms with Crippen molar-refractivity contribution in [2.45, 2.75) is 37.7 Å². The third-order valence-electron chi connectivity index (χ3n) is 3.84. The van der Waals surface area contributed by atoms with Gasteiger partial charge in [-0.2, -0.15) is 0 Å². The first kappa shape index (κ1) is 11.4. The summed E-state index contributed by atoms with van der Waals surface area (Å²) in [6.45, 7) is 4.10. The van der Waals surface area contributed by atoms with Gasteiger partial charge in [0.15, 0.2) is 0 Å². The molecule has 1 spiro atoms. The highest BCUT2D eigenvalue weighted by atomic mass is 16.5. The molecule has 2 rings (SSSR count). The number of rotatable bonds is 3. The monoisotopic (exact) mass is 213 g/mol. The molecule has 1 atom stereocenters. The van der Waals surface area contributed by atoms with Gasteiger partial charge in [-0.1, -0.05) is 0 Å². The van der Waals surface area contributed by atoms with Gasteiger partial charge in [0.2, 0.25) is 0 Å². The Bertz CT molecular complexity index is 185. The maximum atomic E-state index is 6.04. The second-order valence-electron chi connectivity index (χ2n) is 4.92. The first-order chi connectivity index (χ1) is 7.35. The van der Waals surface area contributed by atoms with Crippen LogP contribution in [0.1, 0.15) is 32.1 Å². The molecule has 2 aliphatic heterocycles. The van der Waals surface area contributed by atoms with E-state index in [1.165, 1.54) is 32.1 Å². The molecule has 2 heterocycles. The van der Waals surface area contributed by atoms with Gasteiger partial charge in [-0.3, -0.25) is 0 Å². The first-order valence-corrected chi connectivity index (χ1v) is 6.18. The summed E-state index contributed by atoms with van der Waals surface area (Å²) in [6.07, 6.45) is 6.05. The predicted molar refractivity (Wildman–Crippen MR) is 60.0 cm³/mol. The van der Waals surface area contributed by atoms with Gasteiger partial charge in [0.1, 0.15) is 0 Å². The average molecular weight is 213 g/mol. The highest BCUT2D eigenvalue weighted by molar-refractivity contribution is 4.90. The van der Waals surface area contributed by atoms with E-state index < -0.39 is 0 Å². The fourth-order valence-corrected chi connectivity index (χ4v) is 2.89. The van der Waals surface area contributed by atoms with Crippen molar-refractivity contribution in [2.24, 2.45) is 5.92 Å². The molecule has 0 aliphatic carbocycles. The number of methoxy groups -OCH3 is 1. The lowest BCUT2D eigenvalue weighted by Gasteiger charge is -2.43. The van der Waals surface area contributed by atoms with Crippen LogP contribution in [0.2, 0.25) is 0 Å². The highest BCUT2D eigenvalue weighted by Gasteiger charge is 2.38. The van der Waals surface area contributed by atoms with Gasteiger partial charge in [0.05, 0.1) is 5.60 Å². The molecule has 1 unspecified atom stereocenters. The molecule has 0 radical (unpaired) electrons. The van der Waals surface area contributed by atoms with Crippen molar-refractivity contribution in [3.63, 3.8) is 0 Å². The van der Waals surface area contributed by atoms with Gasteiger partial charge in [-0.25, -0.2) is 0 Å². The van der Waals surface area contributed by atoms with Crippen molar-refractivity contribution < 1.29 is 9.47 Å². The lowest BCUT2D eigenvalue weighted by Crippen LogP contribution is -2.48. The molecule has 2 fully saturated rings. The van der Waals surface area contributed by atoms with Crippen molar-refractivity contribution in [1.29, 1.82) is 0 Å². The van der Waals surface area contributed by atoms with E-state index in [1.54, 1.807) is 7.11 Å². The largest absolute Gasteiger partial charge is 0.385 e. The zero-order chi connectivity index (χ0) is 10.6. The summed E-state index contributed by atoms with van der Waals surface area (Å²) >= 11 is 0. The zero-order valence-corrected chi connectivity index (χ0v) is 9.76. The maximum Gasteiger partial charge on any atom is 0.0709 e. The van der Waals surface area contributed by atoms with Gasteiger partial charge in [-0.05, 0) is 51.1 Å². The molecule has 0 saturated carbocycles. The second-order valence-corrected chi connectivity index (χ2v) is 4.92. The normalized spacial score (nSPS) is 30.6. The summed E-state index contributed by atoms with van der Waals surface area (Å²) in [5.41, 5.74) is 0.210. The molecule has 2 saturated heterocycles. The van der Waals surface area contributed by atoms with Crippen molar-refractivity contribution in [3.8, 4) is 0 Å². The fraction of sp³-hybridized carbons (Fsp3) is 1.00. The molecular weight excluding hydrogens is 190 g/mol. The van der Waals surface area contributed by atoms with E-state index in [0.29, 0.717) is 0 Å². The molecule has 3 nitrogen and oxygen atoms in total. The van der Waals surface area contributed by atoms with Gasteiger partial charge in [0.25, 0.3) is 0 Å².